The molecule has 1 unspecified atom stereocenters. The van der Waals surface area contributed by atoms with Crippen molar-refractivity contribution in [1.82, 2.24) is 9.55 Å². The molecule has 0 saturated carbocycles. The van der Waals surface area contributed by atoms with Gasteiger partial charge in [-0.15, -0.1) is 11.8 Å². The molecular weight excluding hydrogens is 426 g/mol. The molecule has 0 aliphatic carbocycles. The highest BCUT2D eigenvalue weighted by Gasteiger charge is 2.38. The Bertz CT molecular complexity index is 1380. The molecule has 33 heavy (non-hydrogen) atoms. The number of rotatable bonds is 4. The van der Waals surface area contributed by atoms with Crippen LogP contribution in [0.1, 0.15) is 23.6 Å². The molecule has 0 amide bonds. The standard InChI is InChI=1S/C28H27N3OS/c1-33-24-8-6-21(7-9-24)25-10-11-27(32)31-17-20-13-23(28(25)31)18-30(16-20)15-19-12-22-4-2-3-5-26(22)29-14-19/h2-12,14,20,23H,13,15-18H2,1H3/p+1/t20-,23+/m0/s1. The zero-order chi connectivity index (χ0) is 22.4. The summed E-state index contributed by atoms with van der Waals surface area (Å²) < 4.78 is 2.07. The third kappa shape index (κ3) is 3.90. The maximum Gasteiger partial charge on any atom is 0.250 e. The number of thioether (sulfide) groups is 1. The number of pyridine rings is 2. The topological polar surface area (TPSA) is 39.3 Å². The maximum absolute atomic E-state index is 12.8. The minimum Gasteiger partial charge on any atom is -0.330 e. The van der Waals surface area contributed by atoms with Crippen molar-refractivity contribution in [2.24, 2.45) is 5.92 Å². The van der Waals surface area contributed by atoms with Crippen molar-refractivity contribution in [2.45, 2.75) is 30.3 Å². The average molecular weight is 455 g/mol. The smallest absolute Gasteiger partial charge is 0.250 e. The average Bonchev–Trinajstić information content (AvgIpc) is 2.85. The lowest BCUT2D eigenvalue weighted by Gasteiger charge is -2.41. The van der Waals surface area contributed by atoms with Gasteiger partial charge in [0, 0.05) is 57.7 Å². The zero-order valence-corrected chi connectivity index (χ0v) is 19.6. The molecule has 4 heterocycles. The van der Waals surface area contributed by atoms with Gasteiger partial charge in [0.25, 0.3) is 5.56 Å². The lowest BCUT2D eigenvalue weighted by Crippen LogP contribution is -3.13. The van der Waals surface area contributed by atoms with Gasteiger partial charge in [-0.3, -0.25) is 9.78 Å². The highest BCUT2D eigenvalue weighted by molar-refractivity contribution is 7.98. The fourth-order valence-corrected chi connectivity index (χ4v) is 6.31. The number of benzene rings is 2. The van der Waals surface area contributed by atoms with Crippen molar-refractivity contribution in [1.29, 1.82) is 0 Å². The molecule has 2 aliphatic heterocycles. The first-order valence-electron chi connectivity index (χ1n) is 11.7. The van der Waals surface area contributed by atoms with Crippen molar-refractivity contribution < 1.29 is 4.90 Å². The molecular formula is C28H28N3OS+. The molecule has 2 aliphatic rings. The van der Waals surface area contributed by atoms with Crippen molar-refractivity contribution in [3.8, 4) is 11.1 Å². The van der Waals surface area contributed by atoms with E-state index in [0.29, 0.717) is 11.8 Å². The Balaban J connectivity index is 1.32. The van der Waals surface area contributed by atoms with Crippen LogP contribution in [-0.2, 0) is 13.1 Å². The number of likely N-dealkylation sites (tertiary alicyclic amines) is 1. The molecule has 1 N–H and O–H groups in total. The number of quaternary nitrogens is 1. The van der Waals surface area contributed by atoms with Crippen molar-refractivity contribution >= 4 is 22.7 Å². The molecule has 6 rings (SSSR count). The first kappa shape index (κ1) is 20.7. The predicted octanol–water partition coefficient (Wildman–Crippen LogP) is 3.99. The first-order valence-corrected chi connectivity index (χ1v) is 13.0. The first-order chi connectivity index (χ1) is 16.2. The Kier molecular flexibility index (Phi) is 5.31. The molecule has 2 aromatic heterocycles. The summed E-state index contributed by atoms with van der Waals surface area (Å²) in [6, 6.07) is 23.2. The van der Waals surface area contributed by atoms with Crippen LogP contribution in [0.5, 0.6) is 0 Å². The minimum atomic E-state index is 0.145. The molecule has 0 spiro atoms. The molecule has 0 radical (unpaired) electrons. The van der Waals surface area contributed by atoms with Crippen LogP contribution in [0, 0.1) is 5.92 Å². The molecule has 166 valence electrons. The van der Waals surface area contributed by atoms with E-state index in [1.54, 1.807) is 22.7 Å². The van der Waals surface area contributed by atoms with Crippen LogP contribution in [0.15, 0.2) is 82.6 Å². The van der Waals surface area contributed by atoms with Crippen molar-refractivity contribution in [3.63, 3.8) is 0 Å². The lowest BCUT2D eigenvalue weighted by molar-refractivity contribution is -0.924. The number of piperidine rings is 1. The third-order valence-corrected chi connectivity index (χ3v) is 8.03. The zero-order valence-electron chi connectivity index (χ0n) is 18.8. The summed E-state index contributed by atoms with van der Waals surface area (Å²) in [5.74, 6) is 0.955. The van der Waals surface area contributed by atoms with Gasteiger partial charge in [-0.05, 0) is 48.6 Å². The Morgan fingerprint density at radius 3 is 2.76 bits per heavy atom. The minimum absolute atomic E-state index is 0.145. The van der Waals surface area contributed by atoms with Gasteiger partial charge in [0.1, 0.15) is 6.54 Å². The molecule has 5 heteroatoms. The second-order valence-corrected chi connectivity index (χ2v) is 10.4. The Morgan fingerprint density at radius 2 is 1.91 bits per heavy atom. The normalized spacial score (nSPS) is 21.7. The fourth-order valence-electron chi connectivity index (χ4n) is 5.90. The second kappa shape index (κ2) is 8.47. The number of nitrogens with zero attached hydrogens (tertiary/aromatic N) is 2. The summed E-state index contributed by atoms with van der Waals surface area (Å²) in [5.41, 5.74) is 6.16. The quantitative estimate of drug-likeness (QED) is 0.474. The van der Waals surface area contributed by atoms with Crippen LogP contribution in [-0.4, -0.2) is 28.9 Å². The van der Waals surface area contributed by atoms with Gasteiger partial charge in [-0.2, -0.15) is 0 Å². The van der Waals surface area contributed by atoms with Crippen molar-refractivity contribution in [3.05, 3.63) is 94.5 Å². The van der Waals surface area contributed by atoms with Gasteiger partial charge in [0.2, 0.25) is 0 Å². The Hall–Kier alpha value is -2.89. The number of hydrogen-bond donors (Lipinski definition) is 1. The van der Waals surface area contributed by atoms with E-state index in [-0.39, 0.29) is 5.56 Å². The fraction of sp³-hybridized carbons (Fsp3) is 0.286. The largest absolute Gasteiger partial charge is 0.330 e. The monoisotopic (exact) mass is 454 g/mol. The van der Waals surface area contributed by atoms with E-state index in [0.717, 1.165) is 31.7 Å². The summed E-state index contributed by atoms with van der Waals surface area (Å²) in [6.07, 6.45) is 5.32. The van der Waals surface area contributed by atoms with Crippen LogP contribution in [0.4, 0.5) is 0 Å². The summed E-state index contributed by atoms with van der Waals surface area (Å²) >= 11 is 1.76. The molecule has 2 bridgehead atoms. The molecule has 1 fully saturated rings. The van der Waals surface area contributed by atoms with Gasteiger partial charge in [-0.1, -0.05) is 30.3 Å². The summed E-state index contributed by atoms with van der Waals surface area (Å²) in [7, 11) is 0. The van der Waals surface area contributed by atoms with E-state index in [9.17, 15) is 4.79 Å². The van der Waals surface area contributed by atoms with Gasteiger partial charge in [-0.25, -0.2) is 0 Å². The van der Waals surface area contributed by atoms with Crippen LogP contribution in [0.3, 0.4) is 0 Å². The second-order valence-electron chi connectivity index (χ2n) is 9.48. The summed E-state index contributed by atoms with van der Waals surface area (Å²) in [5, 5.41) is 1.21. The number of aromatic nitrogens is 2. The van der Waals surface area contributed by atoms with E-state index in [1.165, 1.54) is 39.1 Å². The van der Waals surface area contributed by atoms with Gasteiger partial charge in [0.05, 0.1) is 18.6 Å². The Morgan fingerprint density at radius 1 is 1.06 bits per heavy atom. The van der Waals surface area contributed by atoms with Crippen LogP contribution < -0.4 is 10.5 Å². The van der Waals surface area contributed by atoms with E-state index in [1.807, 2.05) is 18.3 Å². The SMILES string of the molecule is CSc1ccc(-c2ccc(=O)n3c2[C@@H]2C[C@H](C3)C[NH+](Cc3cnc4ccccc4c3)C2)cc1. The van der Waals surface area contributed by atoms with Crippen molar-refractivity contribution in [2.75, 3.05) is 19.3 Å². The Labute approximate surface area is 198 Å². The highest BCUT2D eigenvalue weighted by Crippen LogP contribution is 2.37. The number of fused-ring (bicyclic) bond motifs is 5. The molecule has 1 saturated heterocycles. The van der Waals surface area contributed by atoms with Gasteiger partial charge >= 0.3 is 0 Å². The number of hydrogen-bond acceptors (Lipinski definition) is 3. The molecule has 2 aromatic carbocycles. The van der Waals surface area contributed by atoms with Crippen LogP contribution in [0.2, 0.25) is 0 Å². The highest BCUT2D eigenvalue weighted by atomic mass is 32.2. The summed E-state index contributed by atoms with van der Waals surface area (Å²) in [6.45, 7) is 3.99. The van der Waals surface area contributed by atoms with E-state index >= 15 is 0 Å². The third-order valence-electron chi connectivity index (χ3n) is 7.29. The van der Waals surface area contributed by atoms with Crippen LogP contribution in [0.25, 0.3) is 22.0 Å². The van der Waals surface area contributed by atoms with E-state index in [2.05, 4.69) is 64.3 Å². The van der Waals surface area contributed by atoms with E-state index in [4.69, 9.17) is 0 Å². The molecule has 4 nitrogen and oxygen atoms in total. The maximum atomic E-state index is 12.8. The van der Waals surface area contributed by atoms with Gasteiger partial charge < -0.3 is 9.47 Å². The molecule has 3 atom stereocenters. The van der Waals surface area contributed by atoms with Gasteiger partial charge in [0.15, 0.2) is 0 Å². The van der Waals surface area contributed by atoms with Crippen LogP contribution >= 0.6 is 11.8 Å². The molecule has 4 aromatic rings. The predicted molar refractivity (Wildman–Crippen MR) is 135 cm³/mol. The summed E-state index contributed by atoms with van der Waals surface area (Å²) in [4.78, 5) is 20.4. The van der Waals surface area contributed by atoms with E-state index < -0.39 is 0 Å². The number of para-hydroxylation sites is 1. The lowest BCUT2D eigenvalue weighted by atomic mass is 9.80. The number of nitrogens with one attached hydrogen (secondary N) is 1.